The van der Waals surface area contributed by atoms with Gasteiger partial charge in [-0.05, 0) is 41.8 Å². The van der Waals surface area contributed by atoms with Gasteiger partial charge in [0.25, 0.3) is 5.56 Å². The molecule has 0 radical (unpaired) electrons. The van der Waals surface area contributed by atoms with Gasteiger partial charge in [0, 0.05) is 22.9 Å². The summed E-state index contributed by atoms with van der Waals surface area (Å²) in [6.07, 6.45) is 1.46. The molecule has 0 aromatic carbocycles. The number of hydrogen-bond donors (Lipinski definition) is 1. The topological polar surface area (TPSA) is 64.0 Å². The van der Waals surface area contributed by atoms with Crippen LogP contribution in [0.2, 0.25) is 0 Å². The average Bonchev–Trinajstić information content (AvgIpc) is 3.19. The third kappa shape index (κ3) is 4.31. The highest BCUT2D eigenvalue weighted by atomic mass is 32.2. The Bertz CT molecular complexity index is 929. The number of nitrogens with one attached hydrogen (secondary N) is 1. The van der Waals surface area contributed by atoms with Crippen molar-refractivity contribution in [2.75, 3.05) is 12.3 Å². The Morgan fingerprint density at radius 3 is 3.00 bits per heavy atom. The number of carbonyl (C=O) groups is 1. The van der Waals surface area contributed by atoms with Crippen molar-refractivity contribution in [3.63, 3.8) is 0 Å². The van der Waals surface area contributed by atoms with Crippen molar-refractivity contribution in [1.82, 2.24) is 14.9 Å². The van der Waals surface area contributed by atoms with Gasteiger partial charge < -0.3 is 5.32 Å². The van der Waals surface area contributed by atoms with E-state index in [1.807, 2.05) is 13.8 Å². The highest BCUT2D eigenvalue weighted by Crippen LogP contribution is 2.25. The molecule has 0 saturated carbocycles. The summed E-state index contributed by atoms with van der Waals surface area (Å²) < 4.78 is 1.38. The quantitative estimate of drug-likeness (QED) is 0.626. The normalized spacial score (nSPS) is 11.1. The van der Waals surface area contributed by atoms with Crippen molar-refractivity contribution >= 4 is 50.6 Å². The Hall–Kier alpha value is -1.64. The van der Waals surface area contributed by atoms with Gasteiger partial charge in [-0.3, -0.25) is 14.2 Å². The molecule has 0 aliphatic carbocycles. The van der Waals surface area contributed by atoms with Crippen LogP contribution in [0.3, 0.4) is 0 Å². The van der Waals surface area contributed by atoms with E-state index in [2.05, 4.69) is 27.1 Å². The summed E-state index contributed by atoms with van der Waals surface area (Å²) >= 11 is 4.99. The fourth-order valence-electron chi connectivity index (χ4n) is 2.42. The molecule has 8 heteroatoms. The van der Waals surface area contributed by atoms with E-state index in [-0.39, 0.29) is 18.0 Å². The zero-order chi connectivity index (χ0) is 17.8. The minimum Gasteiger partial charge on any atom is -0.354 e. The van der Waals surface area contributed by atoms with Crippen LogP contribution in [0.15, 0.2) is 27.9 Å². The maximum Gasteiger partial charge on any atom is 0.262 e. The second-order valence-electron chi connectivity index (χ2n) is 5.68. The lowest BCUT2D eigenvalue weighted by Gasteiger charge is -2.07. The molecule has 0 spiro atoms. The molecular weight excluding hydrogens is 374 g/mol. The molecule has 0 bridgehead atoms. The summed E-state index contributed by atoms with van der Waals surface area (Å²) in [6.45, 7) is 4.50. The predicted octanol–water partition coefficient (Wildman–Crippen LogP) is 3.19. The molecule has 0 aliphatic rings. The molecule has 3 rings (SSSR count). The van der Waals surface area contributed by atoms with E-state index in [1.54, 1.807) is 23.1 Å². The summed E-state index contributed by atoms with van der Waals surface area (Å²) in [5, 5.41) is 7.69. The monoisotopic (exact) mass is 393 g/mol. The number of hydrogen-bond acceptors (Lipinski definition) is 6. The highest BCUT2D eigenvalue weighted by molar-refractivity contribution is 7.98. The number of aromatic nitrogens is 2. The van der Waals surface area contributed by atoms with E-state index < -0.39 is 0 Å². The standard InChI is InChI=1S/C17H19N3O2S3/c1-11-12(2)25-16-15(11)17(22)20(10-19-16)7-14(21)18-4-6-24-9-13-3-5-23-8-13/h3,5,8,10H,4,6-7,9H2,1-2H3,(H,18,21). The number of aryl methyl sites for hydroxylation is 2. The fourth-order valence-corrected chi connectivity index (χ4v) is 4.99. The average molecular weight is 394 g/mol. The van der Waals surface area contributed by atoms with Crippen molar-refractivity contribution in [2.45, 2.75) is 26.1 Å². The van der Waals surface area contributed by atoms with Crippen molar-refractivity contribution in [2.24, 2.45) is 0 Å². The van der Waals surface area contributed by atoms with Crippen molar-refractivity contribution in [3.8, 4) is 0 Å². The molecule has 5 nitrogen and oxygen atoms in total. The molecule has 0 aliphatic heterocycles. The van der Waals surface area contributed by atoms with Crippen molar-refractivity contribution in [1.29, 1.82) is 0 Å². The molecule has 132 valence electrons. The molecule has 0 unspecified atom stereocenters. The third-order valence-electron chi connectivity index (χ3n) is 3.89. The van der Waals surface area contributed by atoms with Crippen LogP contribution >= 0.6 is 34.4 Å². The maximum atomic E-state index is 12.6. The van der Waals surface area contributed by atoms with Gasteiger partial charge in [0.1, 0.15) is 11.4 Å². The summed E-state index contributed by atoms with van der Waals surface area (Å²) in [4.78, 5) is 30.8. The van der Waals surface area contributed by atoms with E-state index in [0.717, 1.165) is 26.8 Å². The molecule has 3 aromatic rings. The number of rotatable bonds is 7. The Morgan fingerprint density at radius 2 is 2.24 bits per heavy atom. The van der Waals surface area contributed by atoms with E-state index in [4.69, 9.17) is 0 Å². The minimum absolute atomic E-state index is 0.00526. The first-order valence-electron chi connectivity index (χ1n) is 7.87. The zero-order valence-corrected chi connectivity index (χ0v) is 16.5. The van der Waals surface area contributed by atoms with Crippen LogP contribution in [0.5, 0.6) is 0 Å². The SMILES string of the molecule is Cc1sc2ncn(CC(=O)NCCSCc3ccsc3)c(=O)c2c1C. The lowest BCUT2D eigenvalue weighted by atomic mass is 10.2. The van der Waals surface area contributed by atoms with Crippen molar-refractivity contribution in [3.05, 3.63) is 49.5 Å². The second-order valence-corrected chi connectivity index (χ2v) is 8.76. The molecule has 25 heavy (non-hydrogen) atoms. The molecular formula is C17H19N3O2S3. The molecule has 0 fully saturated rings. The molecule has 3 heterocycles. The lowest BCUT2D eigenvalue weighted by Crippen LogP contribution is -2.33. The smallest absolute Gasteiger partial charge is 0.262 e. The van der Waals surface area contributed by atoms with E-state index >= 15 is 0 Å². The summed E-state index contributed by atoms with van der Waals surface area (Å²) in [5.74, 6) is 1.64. The van der Waals surface area contributed by atoms with Crippen LogP contribution in [0, 0.1) is 13.8 Å². The molecule has 1 N–H and O–H groups in total. The Kier molecular flexibility index (Phi) is 5.93. The van der Waals surface area contributed by atoms with Gasteiger partial charge in [0.2, 0.25) is 5.91 Å². The van der Waals surface area contributed by atoms with Crippen LogP contribution in [0.1, 0.15) is 16.0 Å². The second kappa shape index (κ2) is 8.16. The third-order valence-corrected chi connectivity index (χ3v) is 6.76. The van der Waals surface area contributed by atoms with E-state index in [9.17, 15) is 9.59 Å². The summed E-state index contributed by atoms with van der Waals surface area (Å²) in [6, 6.07) is 2.11. The first-order chi connectivity index (χ1) is 12.1. The van der Waals surface area contributed by atoms with Gasteiger partial charge in [0.05, 0.1) is 11.7 Å². The van der Waals surface area contributed by atoms with Gasteiger partial charge in [-0.2, -0.15) is 23.1 Å². The van der Waals surface area contributed by atoms with Gasteiger partial charge in [-0.15, -0.1) is 11.3 Å². The first kappa shape index (κ1) is 18.2. The fraction of sp³-hybridized carbons (Fsp3) is 0.353. The maximum absolute atomic E-state index is 12.6. The van der Waals surface area contributed by atoms with Crippen LogP contribution in [0.25, 0.3) is 10.2 Å². The number of thiophene rings is 2. The zero-order valence-electron chi connectivity index (χ0n) is 14.1. The largest absolute Gasteiger partial charge is 0.354 e. The molecule has 0 atom stereocenters. The Labute approximate surface area is 158 Å². The minimum atomic E-state index is -0.163. The number of nitrogens with zero attached hydrogens (tertiary/aromatic N) is 2. The van der Waals surface area contributed by atoms with Gasteiger partial charge in [-0.25, -0.2) is 4.98 Å². The van der Waals surface area contributed by atoms with Gasteiger partial charge >= 0.3 is 0 Å². The number of amides is 1. The molecule has 1 amide bonds. The van der Waals surface area contributed by atoms with E-state index in [1.165, 1.54) is 27.8 Å². The number of fused-ring (bicyclic) bond motifs is 1. The summed E-state index contributed by atoms with van der Waals surface area (Å²) in [5.41, 5.74) is 2.12. The van der Waals surface area contributed by atoms with Gasteiger partial charge in [0.15, 0.2) is 0 Å². The highest BCUT2D eigenvalue weighted by Gasteiger charge is 2.13. The first-order valence-corrected chi connectivity index (χ1v) is 10.8. The Balaban J connectivity index is 1.52. The lowest BCUT2D eigenvalue weighted by molar-refractivity contribution is -0.121. The van der Waals surface area contributed by atoms with E-state index in [0.29, 0.717) is 11.9 Å². The van der Waals surface area contributed by atoms with Crippen LogP contribution in [-0.2, 0) is 17.1 Å². The summed E-state index contributed by atoms with van der Waals surface area (Å²) in [7, 11) is 0. The predicted molar refractivity (Wildman–Crippen MR) is 107 cm³/mol. The van der Waals surface area contributed by atoms with Crippen LogP contribution in [0.4, 0.5) is 0 Å². The van der Waals surface area contributed by atoms with Crippen LogP contribution < -0.4 is 10.9 Å². The van der Waals surface area contributed by atoms with Crippen LogP contribution in [-0.4, -0.2) is 27.8 Å². The van der Waals surface area contributed by atoms with Crippen molar-refractivity contribution < 1.29 is 4.79 Å². The van der Waals surface area contributed by atoms with Gasteiger partial charge in [-0.1, -0.05) is 0 Å². The molecule has 3 aromatic heterocycles. The molecule has 0 saturated heterocycles. The Morgan fingerprint density at radius 1 is 1.40 bits per heavy atom. The number of carbonyl (C=O) groups excluding carboxylic acids is 1. The number of thioether (sulfide) groups is 1.